The van der Waals surface area contributed by atoms with Crippen LogP contribution in [0.5, 0.6) is 0 Å². The third kappa shape index (κ3) is 3.22. The third-order valence-electron chi connectivity index (χ3n) is 5.29. The second-order valence-electron chi connectivity index (χ2n) is 7.77. The molecular weight excluding hydrogens is 292 g/mol. The number of hydrogen-bond donors (Lipinski definition) is 0. The summed E-state index contributed by atoms with van der Waals surface area (Å²) in [6.07, 6.45) is 6.20. The van der Waals surface area contributed by atoms with Gasteiger partial charge in [-0.1, -0.05) is 37.1 Å². The molecule has 0 amide bonds. The average molecular weight is 320 g/mol. The summed E-state index contributed by atoms with van der Waals surface area (Å²) in [4.78, 5) is 24.7. The lowest BCUT2D eigenvalue weighted by Gasteiger charge is -2.36. The summed E-state index contributed by atoms with van der Waals surface area (Å²) in [5.74, 6) is -0.376. The first-order chi connectivity index (χ1) is 10.7. The van der Waals surface area contributed by atoms with Gasteiger partial charge in [0, 0.05) is 0 Å². The maximum Gasteiger partial charge on any atom is 0.323 e. The Morgan fingerprint density at radius 2 is 1.65 bits per heavy atom. The topological polar surface area (TPSA) is 52.6 Å². The molecule has 23 heavy (non-hydrogen) atoms. The molecule has 2 rings (SSSR count). The predicted molar refractivity (Wildman–Crippen MR) is 88.6 cm³/mol. The van der Waals surface area contributed by atoms with Gasteiger partial charge in [-0.25, -0.2) is 0 Å². The highest BCUT2D eigenvalue weighted by molar-refractivity contribution is 6.00. The molecule has 0 heterocycles. The predicted octanol–water partition coefficient (Wildman–Crippen LogP) is 3.67. The summed E-state index contributed by atoms with van der Waals surface area (Å²) in [5.41, 5.74) is 1.64. The minimum atomic E-state index is -1.22. The van der Waals surface area contributed by atoms with Crippen LogP contribution < -0.4 is 0 Å². The number of carbonyl (C=O) groups is 2. The smallest absolute Gasteiger partial charge is 0.323 e. The van der Waals surface area contributed by atoms with Crippen molar-refractivity contribution in [3.63, 3.8) is 0 Å². The molecule has 1 saturated carbocycles. The second-order valence-corrected chi connectivity index (χ2v) is 7.77. The van der Waals surface area contributed by atoms with Crippen LogP contribution in [0.25, 0.3) is 0 Å². The van der Waals surface area contributed by atoms with Crippen LogP contribution in [0.1, 0.15) is 47.0 Å². The molecule has 2 aliphatic carbocycles. The largest absolute Gasteiger partial charge is 0.468 e. The fourth-order valence-electron chi connectivity index (χ4n) is 3.82. The van der Waals surface area contributed by atoms with Gasteiger partial charge in [-0.15, -0.1) is 0 Å². The first-order valence-electron chi connectivity index (χ1n) is 8.20. The summed E-state index contributed by atoms with van der Waals surface area (Å²) < 4.78 is 9.86. The number of carbonyl (C=O) groups excluding carboxylic acids is 2. The maximum atomic E-state index is 12.4. The van der Waals surface area contributed by atoms with Gasteiger partial charge >= 0.3 is 11.9 Å². The Balaban J connectivity index is 2.42. The van der Waals surface area contributed by atoms with E-state index in [1.165, 1.54) is 25.4 Å². The monoisotopic (exact) mass is 320 g/mol. The van der Waals surface area contributed by atoms with Crippen molar-refractivity contribution < 1.29 is 19.1 Å². The average Bonchev–Trinajstić information content (AvgIpc) is 3.12. The molecule has 1 fully saturated rings. The van der Waals surface area contributed by atoms with Crippen molar-refractivity contribution >= 4 is 11.9 Å². The quantitative estimate of drug-likeness (QED) is 0.450. The molecule has 0 spiro atoms. The van der Waals surface area contributed by atoms with Gasteiger partial charge in [0.2, 0.25) is 0 Å². The van der Waals surface area contributed by atoms with E-state index in [4.69, 9.17) is 9.47 Å². The zero-order chi connectivity index (χ0) is 17.4. The lowest BCUT2D eigenvalue weighted by molar-refractivity contribution is -0.170. The second kappa shape index (κ2) is 6.14. The van der Waals surface area contributed by atoms with Gasteiger partial charge in [0.25, 0.3) is 0 Å². The van der Waals surface area contributed by atoms with Crippen molar-refractivity contribution in [1.82, 2.24) is 0 Å². The van der Waals surface area contributed by atoms with Crippen molar-refractivity contribution in [3.05, 3.63) is 23.3 Å². The van der Waals surface area contributed by atoms with Gasteiger partial charge in [0.1, 0.15) is 0 Å². The van der Waals surface area contributed by atoms with E-state index in [1.807, 2.05) is 13.8 Å². The molecule has 0 aromatic heterocycles. The summed E-state index contributed by atoms with van der Waals surface area (Å²) in [6.45, 7) is 8.62. The highest BCUT2D eigenvalue weighted by Gasteiger charge is 2.55. The van der Waals surface area contributed by atoms with Crippen LogP contribution in [0.2, 0.25) is 0 Å². The molecule has 128 valence electrons. The molecule has 0 radical (unpaired) electrons. The third-order valence-corrected chi connectivity index (χ3v) is 5.29. The van der Waals surface area contributed by atoms with E-state index in [0.717, 1.165) is 6.42 Å². The van der Waals surface area contributed by atoms with E-state index in [9.17, 15) is 9.59 Å². The Morgan fingerprint density at radius 3 is 2.04 bits per heavy atom. The van der Waals surface area contributed by atoms with E-state index < -0.39 is 17.4 Å². The van der Waals surface area contributed by atoms with Crippen LogP contribution in [-0.2, 0) is 19.1 Å². The molecule has 0 bridgehead atoms. The van der Waals surface area contributed by atoms with Crippen molar-refractivity contribution in [3.8, 4) is 0 Å². The molecule has 4 nitrogen and oxygen atoms in total. The van der Waals surface area contributed by atoms with Crippen LogP contribution in [0.3, 0.4) is 0 Å². The maximum absolute atomic E-state index is 12.4. The lowest BCUT2D eigenvalue weighted by atomic mass is 9.68. The standard InChI is InChI=1S/C19H28O4/c1-12(2)9-13-10-19(16(20)22-5,17(21)23-6)8-7-14(13)15-11-18(15,3)4/h7,9,13,15H,8,10-11H2,1-6H3. The van der Waals surface area contributed by atoms with Crippen LogP contribution in [0, 0.1) is 22.7 Å². The first kappa shape index (κ1) is 17.8. The molecule has 2 unspecified atom stereocenters. The van der Waals surface area contributed by atoms with E-state index in [0.29, 0.717) is 24.2 Å². The molecule has 2 atom stereocenters. The minimum Gasteiger partial charge on any atom is -0.468 e. The van der Waals surface area contributed by atoms with Crippen molar-refractivity contribution in [2.45, 2.75) is 47.0 Å². The van der Waals surface area contributed by atoms with Gasteiger partial charge in [0.15, 0.2) is 5.41 Å². The van der Waals surface area contributed by atoms with Crippen LogP contribution in [0.4, 0.5) is 0 Å². The van der Waals surface area contributed by atoms with Crippen molar-refractivity contribution in [1.29, 1.82) is 0 Å². The Hall–Kier alpha value is -1.58. The van der Waals surface area contributed by atoms with E-state index in [-0.39, 0.29) is 5.92 Å². The van der Waals surface area contributed by atoms with Gasteiger partial charge in [-0.3, -0.25) is 9.59 Å². The minimum absolute atomic E-state index is 0.0822. The number of rotatable bonds is 4. The number of hydrogen-bond acceptors (Lipinski definition) is 4. The van der Waals surface area contributed by atoms with Crippen LogP contribution >= 0.6 is 0 Å². The summed E-state index contributed by atoms with van der Waals surface area (Å²) in [7, 11) is 2.65. The zero-order valence-corrected chi connectivity index (χ0v) is 15.1. The number of ether oxygens (including phenoxy) is 2. The van der Waals surface area contributed by atoms with Crippen LogP contribution in [0.15, 0.2) is 23.3 Å². The number of allylic oxidation sites excluding steroid dienone is 4. The zero-order valence-electron chi connectivity index (χ0n) is 15.1. The number of methoxy groups -OCH3 is 2. The lowest BCUT2D eigenvalue weighted by Crippen LogP contribution is -2.44. The molecule has 2 aliphatic rings. The van der Waals surface area contributed by atoms with Gasteiger partial charge in [-0.05, 0) is 50.4 Å². The normalized spacial score (nSPS) is 27.5. The molecular formula is C19H28O4. The fraction of sp³-hybridized carbons (Fsp3) is 0.684. The van der Waals surface area contributed by atoms with Gasteiger partial charge < -0.3 is 9.47 Å². The Morgan fingerprint density at radius 1 is 1.13 bits per heavy atom. The summed E-state index contributed by atoms with van der Waals surface area (Å²) in [6, 6.07) is 0. The molecule has 0 N–H and O–H groups in total. The van der Waals surface area contributed by atoms with Crippen molar-refractivity contribution in [2.24, 2.45) is 22.7 Å². The molecule has 0 saturated heterocycles. The SMILES string of the molecule is COC(=O)C1(C(=O)OC)CC=C(C2CC2(C)C)C(C=C(C)C)C1. The number of esters is 2. The Bertz CT molecular complexity index is 548. The van der Waals surface area contributed by atoms with Crippen molar-refractivity contribution in [2.75, 3.05) is 14.2 Å². The Kier molecular flexibility index (Phi) is 4.74. The molecule has 0 aromatic carbocycles. The van der Waals surface area contributed by atoms with Gasteiger partial charge in [0.05, 0.1) is 14.2 Å². The van der Waals surface area contributed by atoms with E-state index >= 15 is 0 Å². The summed E-state index contributed by atoms with van der Waals surface area (Å²) >= 11 is 0. The highest BCUT2D eigenvalue weighted by Crippen LogP contribution is 2.60. The molecule has 4 heteroatoms. The van der Waals surface area contributed by atoms with Crippen LogP contribution in [-0.4, -0.2) is 26.2 Å². The molecule has 0 aromatic rings. The summed E-state index contributed by atoms with van der Waals surface area (Å²) in [5, 5.41) is 0. The first-order valence-corrected chi connectivity index (χ1v) is 8.20. The van der Waals surface area contributed by atoms with E-state index in [2.05, 4.69) is 26.0 Å². The molecule has 0 aliphatic heterocycles. The Labute approximate surface area is 138 Å². The highest BCUT2D eigenvalue weighted by atomic mass is 16.5. The van der Waals surface area contributed by atoms with Gasteiger partial charge in [-0.2, -0.15) is 0 Å². The fourth-order valence-corrected chi connectivity index (χ4v) is 3.82. The van der Waals surface area contributed by atoms with E-state index in [1.54, 1.807) is 0 Å².